The lowest BCUT2D eigenvalue weighted by molar-refractivity contribution is -0.115. The largest absolute Gasteiger partial charge is 0.460 e. The van der Waals surface area contributed by atoms with Crippen molar-refractivity contribution in [2.45, 2.75) is 6.42 Å². The Hall–Kier alpha value is -4.26. The van der Waals surface area contributed by atoms with Crippen molar-refractivity contribution in [3.63, 3.8) is 0 Å². The maximum atomic E-state index is 12.6. The van der Waals surface area contributed by atoms with Gasteiger partial charge in [0.25, 0.3) is 11.8 Å². The third kappa shape index (κ3) is 4.41. The van der Waals surface area contributed by atoms with Crippen LogP contribution in [0.3, 0.4) is 0 Å². The van der Waals surface area contributed by atoms with Gasteiger partial charge in [-0.25, -0.2) is 4.79 Å². The van der Waals surface area contributed by atoms with E-state index < -0.39 is 17.8 Å². The smallest absolute Gasteiger partial charge is 0.340 e. The molecule has 1 heterocycles. The van der Waals surface area contributed by atoms with Crippen LogP contribution in [-0.4, -0.2) is 41.7 Å². The van der Waals surface area contributed by atoms with Crippen LogP contribution in [0.15, 0.2) is 78.9 Å². The molecule has 1 aliphatic rings. The first-order valence-corrected chi connectivity index (χ1v) is 10.1. The number of nitrogens with zero attached hydrogens (tertiary/aromatic N) is 1. The Bertz CT molecular complexity index is 1150. The van der Waals surface area contributed by atoms with Crippen LogP contribution in [0.25, 0.3) is 0 Å². The molecule has 7 heteroatoms. The number of esters is 1. The fourth-order valence-corrected chi connectivity index (χ4v) is 3.50. The first kappa shape index (κ1) is 21.0. The predicted molar refractivity (Wildman–Crippen MR) is 117 cm³/mol. The van der Waals surface area contributed by atoms with Crippen molar-refractivity contribution in [3.05, 3.63) is 101 Å². The predicted octanol–water partition coefficient (Wildman–Crippen LogP) is 3.32. The number of benzene rings is 3. The van der Waals surface area contributed by atoms with Gasteiger partial charge in [-0.15, -0.1) is 0 Å². The van der Waals surface area contributed by atoms with E-state index in [1.165, 1.54) is 0 Å². The van der Waals surface area contributed by atoms with Crippen molar-refractivity contribution in [2.24, 2.45) is 0 Å². The summed E-state index contributed by atoms with van der Waals surface area (Å²) in [5.41, 5.74) is 2.06. The quantitative estimate of drug-likeness (QED) is 0.460. The van der Waals surface area contributed by atoms with E-state index in [-0.39, 0.29) is 31.0 Å². The fourth-order valence-electron chi connectivity index (χ4n) is 3.50. The minimum atomic E-state index is -0.655. The lowest BCUT2D eigenvalue weighted by Crippen LogP contribution is -2.33. The van der Waals surface area contributed by atoms with Crippen LogP contribution in [0.5, 0.6) is 0 Å². The summed E-state index contributed by atoms with van der Waals surface area (Å²) >= 11 is 0. The summed E-state index contributed by atoms with van der Waals surface area (Å²) in [6, 6.07) is 22.4. The average molecular weight is 428 g/mol. The summed E-state index contributed by atoms with van der Waals surface area (Å²) in [5.74, 6) is -1.73. The summed E-state index contributed by atoms with van der Waals surface area (Å²) in [7, 11) is 0. The number of fused-ring (bicyclic) bond motifs is 1. The van der Waals surface area contributed by atoms with Crippen molar-refractivity contribution >= 4 is 29.4 Å². The summed E-state index contributed by atoms with van der Waals surface area (Å²) in [6.07, 6.45) is 0.171. The van der Waals surface area contributed by atoms with Crippen molar-refractivity contribution < 1.29 is 23.9 Å². The number of amides is 3. The van der Waals surface area contributed by atoms with E-state index in [2.05, 4.69) is 5.32 Å². The Morgan fingerprint density at radius 2 is 1.38 bits per heavy atom. The van der Waals surface area contributed by atoms with Crippen molar-refractivity contribution in [2.75, 3.05) is 18.5 Å². The van der Waals surface area contributed by atoms with Crippen LogP contribution in [0.4, 0.5) is 5.69 Å². The number of nitrogens with one attached hydrogen (secondary N) is 1. The summed E-state index contributed by atoms with van der Waals surface area (Å²) in [6.45, 7) is -0.211. The SMILES string of the molecule is O=C(Cc1ccccc1)Nc1ccccc1C(=O)OCCN1C(=O)c2ccccc2C1=O. The lowest BCUT2D eigenvalue weighted by Gasteiger charge is -2.15. The molecule has 160 valence electrons. The molecule has 3 aromatic rings. The molecule has 0 saturated heterocycles. The Labute approximate surface area is 184 Å². The molecule has 0 atom stereocenters. The van der Waals surface area contributed by atoms with Crippen LogP contribution < -0.4 is 5.32 Å². The summed E-state index contributed by atoms with van der Waals surface area (Å²) in [4.78, 5) is 50.8. The summed E-state index contributed by atoms with van der Waals surface area (Å²) < 4.78 is 5.29. The molecule has 7 nitrogen and oxygen atoms in total. The Balaban J connectivity index is 1.36. The number of carbonyl (C=O) groups is 4. The third-order valence-corrected chi connectivity index (χ3v) is 5.05. The van der Waals surface area contributed by atoms with Crippen molar-refractivity contribution in [1.82, 2.24) is 4.90 Å². The van der Waals surface area contributed by atoms with Crippen molar-refractivity contribution in [1.29, 1.82) is 0 Å². The highest BCUT2D eigenvalue weighted by Gasteiger charge is 2.34. The van der Waals surface area contributed by atoms with Crippen LogP contribution in [0, 0.1) is 0 Å². The Morgan fingerprint density at radius 1 is 0.781 bits per heavy atom. The normalized spacial score (nSPS) is 12.4. The molecule has 0 saturated carbocycles. The molecule has 0 radical (unpaired) electrons. The first-order chi connectivity index (χ1) is 15.5. The van der Waals surface area contributed by atoms with Gasteiger partial charge < -0.3 is 10.1 Å². The molecular weight excluding hydrogens is 408 g/mol. The molecule has 4 rings (SSSR count). The zero-order chi connectivity index (χ0) is 22.5. The van der Waals surface area contributed by atoms with Crippen LogP contribution in [0.1, 0.15) is 36.6 Å². The van der Waals surface area contributed by atoms with E-state index >= 15 is 0 Å². The highest BCUT2D eigenvalue weighted by Crippen LogP contribution is 2.22. The monoisotopic (exact) mass is 428 g/mol. The Kier molecular flexibility index (Phi) is 6.07. The number of rotatable bonds is 7. The van der Waals surface area contributed by atoms with Gasteiger partial charge in [-0.05, 0) is 29.8 Å². The number of ether oxygens (including phenoxy) is 1. The molecule has 0 aliphatic carbocycles. The molecule has 1 N–H and O–H groups in total. The van der Waals surface area contributed by atoms with Gasteiger partial charge in [0.05, 0.1) is 35.3 Å². The highest BCUT2D eigenvalue weighted by atomic mass is 16.5. The van der Waals surface area contributed by atoms with Gasteiger partial charge in [0.1, 0.15) is 6.61 Å². The minimum Gasteiger partial charge on any atom is -0.460 e. The van der Waals surface area contributed by atoms with E-state index in [4.69, 9.17) is 4.74 Å². The Morgan fingerprint density at radius 3 is 2.06 bits per heavy atom. The average Bonchev–Trinajstić information content (AvgIpc) is 3.05. The van der Waals surface area contributed by atoms with E-state index in [1.807, 2.05) is 30.3 Å². The maximum absolute atomic E-state index is 12.6. The minimum absolute atomic E-state index is 0.0549. The molecule has 1 aliphatic heterocycles. The first-order valence-electron chi connectivity index (χ1n) is 10.1. The van der Waals surface area contributed by atoms with Crippen molar-refractivity contribution in [3.8, 4) is 0 Å². The second-order valence-corrected chi connectivity index (χ2v) is 7.20. The number of para-hydroxylation sites is 1. The van der Waals surface area contributed by atoms with Crippen LogP contribution >= 0.6 is 0 Å². The zero-order valence-corrected chi connectivity index (χ0v) is 17.1. The molecular formula is C25H20N2O5. The van der Waals surface area contributed by atoms with Gasteiger partial charge in [-0.2, -0.15) is 0 Å². The zero-order valence-electron chi connectivity index (χ0n) is 17.1. The summed E-state index contributed by atoms with van der Waals surface area (Å²) in [5, 5.41) is 2.74. The number of anilines is 1. The topological polar surface area (TPSA) is 92.8 Å². The molecule has 3 aromatic carbocycles. The number of hydrogen-bond donors (Lipinski definition) is 1. The molecule has 0 fully saturated rings. The van der Waals surface area contributed by atoms with E-state index in [9.17, 15) is 19.2 Å². The van der Waals surface area contributed by atoms with E-state index in [0.717, 1.165) is 10.5 Å². The van der Waals surface area contributed by atoms with Gasteiger partial charge in [-0.1, -0.05) is 54.6 Å². The number of carbonyl (C=O) groups excluding carboxylic acids is 4. The number of hydrogen-bond acceptors (Lipinski definition) is 5. The van der Waals surface area contributed by atoms with E-state index in [0.29, 0.717) is 16.8 Å². The molecule has 0 unspecified atom stereocenters. The molecule has 3 amide bonds. The molecule has 32 heavy (non-hydrogen) atoms. The highest BCUT2D eigenvalue weighted by molar-refractivity contribution is 6.21. The second kappa shape index (κ2) is 9.26. The van der Waals surface area contributed by atoms with Gasteiger partial charge in [0, 0.05) is 0 Å². The van der Waals surface area contributed by atoms with Crippen LogP contribution in [-0.2, 0) is 16.0 Å². The van der Waals surface area contributed by atoms with Crippen LogP contribution in [0.2, 0.25) is 0 Å². The fraction of sp³-hybridized carbons (Fsp3) is 0.120. The van der Waals surface area contributed by atoms with Gasteiger partial charge in [0.15, 0.2) is 0 Å². The maximum Gasteiger partial charge on any atom is 0.340 e. The molecule has 0 spiro atoms. The van der Waals surface area contributed by atoms with Gasteiger partial charge >= 0.3 is 5.97 Å². The van der Waals surface area contributed by atoms with Gasteiger partial charge in [0.2, 0.25) is 5.91 Å². The standard InChI is InChI=1S/C25H20N2O5/c28-22(16-17-8-2-1-3-9-17)26-21-13-7-6-12-20(21)25(31)32-15-14-27-23(29)18-10-4-5-11-19(18)24(27)30/h1-13H,14-16H2,(H,26,28). The third-order valence-electron chi connectivity index (χ3n) is 5.05. The second-order valence-electron chi connectivity index (χ2n) is 7.20. The van der Waals surface area contributed by atoms with E-state index in [1.54, 1.807) is 48.5 Å². The molecule has 0 bridgehead atoms. The number of imide groups is 1. The van der Waals surface area contributed by atoms with Gasteiger partial charge in [-0.3, -0.25) is 19.3 Å². The lowest BCUT2D eigenvalue weighted by atomic mass is 10.1. The molecule has 0 aromatic heterocycles.